The third kappa shape index (κ3) is 8.26. The highest BCUT2D eigenvalue weighted by Crippen LogP contribution is 2.47. The molecule has 0 aromatic heterocycles. The summed E-state index contributed by atoms with van der Waals surface area (Å²) in [5.74, 6) is 0.337. The Balaban J connectivity index is 1.43. The molecule has 1 fully saturated rings. The Morgan fingerprint density at radius 2 is 1.38 bits per heavy atom. The first kappa shape index (κ1) is 27.1. The molecule has 0 amide bonds. The molecule has 4 rings (SSSR count). The number of rotatable bonds is 13. The van der Waals surface area contributed by atoms with E-state index < -0.39 is 6.10 Å². The molecule has 0 aliphatic heterocycles. The molecule has 3 aromatic rings. The SMILES string of the molecule is CC/C=C1\CC(COCc2ccccc2)(COCc2ccccc2)CC1/C=C/CC(O)c1ccccc1. The molecule has 1 aliphatic rings. The van der Waals surface area contributed by atoms with Crippen LogP contribution < -0.4 is 0 Å². The van der Waals surface area contributed by atoms with Gasteiger partial charge in [0.15, 0.2) is 0 Å². The molecule has 1 saturated carbocycles. The smallest absolute Gasteiger partial charge is 0.0824 e. The summed E-state index contributed by atoms with van der Waals surface area (Å²) in [6, 6.07) is 30.6. The van der Waals surface area contributed by atoms with Crippen LogP contribution in [0.25, 0.3) is 0 Å². The first-order valence-corrected chi connectivity index (χ1v) is 13.5. The normalized spacial score (nSPS) is 19.0. The first-order valence-electron chi connectivity index (χ1n) is 13.5. The lowest BCUT2D eigenvalue weighted by Crippen LogP contribution is -2.30. The maximum absolute atomic E-state index is 10.6. The first-order chi connectivity index (χ1) is 18.2. The molecule has 3 heteroatoms. The van der Waals surface area contributed by atoms with E-state index in [1.165, 1.54) is 16.7 Å². The second-order valence-electron chi connectivity index (χ2n) is 10.2. The van der Waals surface area contributed by atoms with Crippen LogP contribution in [0.1, 0.15) is 55.4 Å². The average Bonchev–Trinajstić information content (AvgIpc) is 3.27. The van der Waals surface area contributed by atoms with Gasteiger partial charge in [0.05, 0.1) is 32.5 Å². The minimum Gasteiger partial charge on any atom is -0.388 e. The molecule has 0 heterocycles. The van der Waals surface area contributed by atoms with E-state index in [9.17, 15) is 5.11 Å². The van der Waals surface area contributed by atoms with Crippen LogP contribution in [0.2, 0.25) is 0 Å². The van der Waals surface area contributed by atoms with E-state index in [0.717, 1.165) is 24.8 Å². The molecule has 1 aliphatic carbocycles. The van der Waals surface area contributed by atoms with Crippen LogP contribution in [0.3, 0.4) is 0 Å². The number of aliphatic hydroxyl groups excluding tert-OH is 1. The number of benzene rings is 3. The summed E-state index contributed by atoms with van der Waals surface area (Å²) in [7, 11) is 0. The van der Waals surface area contributed by atoms with Crippen molar-refractivity contribution in [3.05, 3.63) is 131 Å². The lowest BCUT2D eigenvalue weighted by molar-refractivity contribution is -0.0298. The van der Waals surface area contributed by atoms with Gasteiger partial charge in [0.1, 0.15) is 0 Å². The van der Waals surface area contributed by atoms with E-state index in [2.05, 4.69) is 73.7 Å². The van der Waals surface area contributed by atoms with E-state index in [-0.39, 0.29) is 5.41 Å². The predicted molar refractivity (Wildman–Crippen MR) is 151 cm³/mol. The molecule has 0 radical (unpaired) electrons. The monoisotopic (exact) mass is 496 g/mol. The van der Waals surface area contributed by atoms with Gasteiger partial charge in [-0.25, -0.2) is 0 Å². The Kier molecular flexibility index (Phi) is 10.3. The molecule has 0 bridgehead atoms. The van der Waals surface area contributed by atoms with Gasteiger partial charge in [0.25, 0.3) is 0 Å². The van der Waals surface area contributed by atoms with Crippen LogP contribution in [0.5, 0.6) is 0 Å². The Bertz CT molecular complexity index is 1060. The zero-order chi connectivity index (χ0) is 25.8. The van der Waals surface area contributed by atoms with Crippen LogP contribution in [0.15, 0.2) is 115 Å². The molecular weight excluding hydrogens is 456 g/mol. The van der Waals surface area contributed by atoms with Crippen LogP contribution in [-0.4, -0.2) is 18.3 Å². The summed E-state index contributed by atoms with van der Waals surface area (Å²) in [6.07, 6.45) is 9.92. The van der Waals surface area contributed by atoms with Crippen molar-refractivity contribution in [3.63, 3.8) is 0 Å². The van der Waals surface area contributed by atoms with Gasteiger partial charge >= 0.3 is 0 Å². The van der Waals surface area contributed by atoms with Crippen LogP contribution in [0.4, 0.5) is 0 Å². The molecule has 2 unspecified atom stereocenters. The largest absolute Gasteiger partial charge is 0.388 e. The molecule has 194 valence electrons. The number of hydrogen-bond donors (Lipinski definition) is 1. The summed E-state index contributed by atoms with van der Waals surface area (Å²) in [4.78, 5) is 0. The van der Waals surface area contributed by atoms with Gasteiger partial charge in [-0.15, -0.1) is 0 Å². The molecule has 1 N–H and O–H groups in total. The molecule has 37 heavy (non-hydrogen) atoms. The van der Waals surface area contributed by atoms with E-state index in [1.807, 2.05) is 42.5 Å². The van der Waals surface area contributed by atoms with Crippen molar-refractivity contribution in [3.8, 4) is 0 Å². The second kappa shape index (κ2) is 14.1. The van der Waals surface area contributed by atoms with Crippen molar-refractivity contribution in [2.45, 2.75) is 51.9 Å². The lowest BCUT2D eigenvalue weighted by Gasteiger charge is -2.29. The number of aliphatic hydroxyl groups is 1. The standard InChI is InChI=1S/C34H40O3/c1-2-13-31-22-34(26-36-24-28-14-6-3-7-15-28,27-37-25-29-16-8-4-9-17-29)23-32(31)20-12-21-33(35)30-18-10-5-11-19-30/h3-20,32-33,35H,2,21-27H2,1H3/b20-12+,31-13+. The molecular formula is C34H40O3. The Morgan fingerprint density at radius 3 is 1.92 bits per heavy atom. The van der Waals surface area contributed by atoms with E-state index >= 15 is 0 Å². The Hall–Kier alpha value is -2.98. The average molecular weight is 497 g/mol. The third-order valence-corrected chi connectivity index (χ3v) is 7.13. The highest BCUT2D eigenvalue weighted by atomic mass is 16.5. The highest BCUT2D eigenvalue weighted by molar-refractivity contribution is 5.24. The van der Waals surface area contributed by atoms with Crippen molar-refractivity contribution < 1.29 is 14.6 Å². The summed E-state index contributed by atoms with van der Waals surface area (Å²) in [5.41, 5.74) is 4.73. The fourth-order valence-electron chi connectivity index (χ4n) is 5.28. The van der Waals surface area contributed by atoms with Crippen LogP contribution in [0, 0.1) is 11.3 Å². The van der Waals surface area contributed by atoms with Gasteiger partial charge in [-0.2, -0.15) is 0 Å². The third-order valence-electron chi connectivity index (χ3n) is 7.13. The molecule has 2 atom stereocenters. The van der Waals surface area contributed by atoms with Gasteiger partial charge in [-0.05, 0) is 48.3 Å². The number of allylic oxidation sites excluding steroid dienone is 3. The summed E-state index contributed by atoms with van der Waals surface area (Å²) >= 11 is 0. The van der Waals surface area contributed by atoms with E-state index in [0.29, 0.717) is 38.8 Å². The van der Waals surface area contributed by atoms with Gasteiger partial charge in [0, 0.05) is 5.41 Å². The minimum absolute atomic E-state index is 0.0718. The maximum Gasteiger partial charge on any atom is 0.0824 e. The van der Waals surface area contributed by atoms with Crippen LogP contribution in [-0.2, 0) is 22.7 Å². The summed E-state index contributed by atoms with van der Waals surface area (Å²) in [6.45, 7) is 4.74. The van der Waals surface area contributed by atoms with Gasteiger partial charge in [-0.3, -0.25) is 0 Å². The van der Waals surface area contributed by atoms with Gasteiger partial charge < -0.3 is 14.6 Å². The van der Waals surface area contributed by atoms with Crippen molar-refractivity contribution >= 4 is 0 Å². The molecule has 0 saturated heterocycles. The summed E-state index contributed by atoms with van der Waals surface area (Å²) in [5, 5.41) is 10.6. The maximum atomic E-state index is 10.6. The Labute approximate surface area is 222 Å². The van der Waals surface area contributed by atoms with E-state index in [1.54, 1.807) is 0 Å². The van der Waals surface area contributed by atoms with Crippen LogP contribution >= 0.6 is 0 Å². The molecule has 0 spiro atoms. The number of ether oxygens (including phenoxy) is 2. The van der Waals surface area contributed by atoms with Gasteiger partial charge in [0.2, 0.25) is 0 Å². The topological polar surface area (TPSA) is 38.7 Å². The van der Waals surface area contributed by atoms with Crippen molar-refractivity contribution in [1.82, 2.24) is 0 Å². The summed E-state index contributed by atoms with van der Waals surface area (Å²) < 4.78 is 12.6. The van der Waals surface area contributed by atoms with Crippen molar-refractivity contribution in [2.24, 2.45) is 11.3 Å². The van der Waals surface area contributed by atoms with Gasteiger partial charge in [-0.1, -0.05) is 122 Å². The fraction of sp³-hybridized carbons (Fsp3) is 0.353. The van der Waals surface area contributed by atoms with Crippen molar-refractivity contribution in [2.75, 3.05) is 13.2 Å². The zero-order valence-corrected chi connectivity index (χ0v) is 22.0. The predicted octanol–water partition coefficient (Wildman–Crippen LogP) is 7.83. The fourth-order valence-corrected chi connectivity index (χ4v) is 5.28. The highest BCUT2D eigenvalue weighted by Gasteiger charge is 2.41. The number of hydrogen-bond acceptors (Lipinski definition) is 3. The minimum atomic E-state index is -0.481. The molecule has 3 nitrogen and oxygen atoms in total. The molecule has 3 aromatic carbocycles. The van der Waals surface area contributed by atoms with E-state index in [4.69, 9.17) is 9.47 Å². The quantitative estimate of drug-likeness (QED) is 0.245. The second-order valence-corrected chi connectivity index (χ2v) is 10.2. The Morgan fingerprint density at radius 1 is 0.838 bits per heavy atom. The van der Waals surface area contributed by atoms with Crippen molar-refractivity contribution in [1.29, 1.82) is 0 Å². The lowest BCUT2D eigenvalue weighted by atomic mass is 9.86. The zero-order valence-electron chi connectivity index (χ0n) is 22.0.